The molecular weight excluding hydrogens is 210 g/mol. The van der Waals surface area contributed by atoms with Gasteiger partial charge in [-0.3, -0.25) is 9.36 Å². The summed E-state index contributed by atoms with van der Waals surface area (Å²) in [4.78, 5) is 14.6. The molecule has 5 heteroatoms. The Morgan fingerprint density at radius 1 is 1.40 bits per heavy atom. The van der Waals surface area contributed by atoms with Crippen molar-refractivity contribution < 1.29 is 0 Å². The van der Waals surface area contributed by atoms with Crippen molar-refractivity contribution in [1.29, 1.82) is 0 Å². The second-order valence-electron chi connectivity index (χ2n) is 4.03. The molecule has 0 spiro atoms. The number of anilines is 1. The van der Waals surface area contributed by atoms with Crippen LogP contribution in [0.3, 0.4) is 0 Å². The van der Waals surface area contributed by atoms with Crippen LogP contribution in [0.5, 0.6) is 0 Å². The molecule has 0 saturated heterocycles. The molecule has 1 aromatic rings. The van der Waals surface area contributed by atoms with Gasteiger partial charge in [0.25, 0.3) is 5.56 Å². The number of aromatic amines is 1. The molecule has 3 N–H and O–H groups in total. The molecule has 1 saturated carbocycles. The average molecular weight is 225 g/mol. The predicted molar refractivity (Wildman–Crippen MR) is 62.4 cm³/mol. The van der Waals surface area contributed by atoms with Crippen LogP contribution >= 0.6 is 12.2 Å². The maximum atomic E-state index is 11.8. The molecule has 0 radical (unpaired) electrons. The second-order valence-corrected chi connectivity index (χ2v) is 4.42. The third kappa shape index (κ3) is 2.12. The highest BCUT2D eigenvalue weighted by atomic mass is 32.1. The minimum atomic E-state index is -0.0804. The van der Waals surface area contributed by atoms with Crippen LogP contribution in [-0.2, 0) is 0 Å². The maximum Gasteiger partial charge on any atom is 0.256 e. The number of hydrogen-bond donors (Lipinski definition) is 2. The van der Waals surface area contributed by atoms with Gasteiger partial charge in [0.2, 0.25) is 0 Å². The van der Waals surface area contributed by atoms with Crippen molar-refractivity contribution in [2.24, 2.45) is 0 Å². The lowest BCUT2D eigenvalue weighted by atomic mass is 9.95. The van der Waals surface area contributed by atoms with Crippen molar-refractivity contribution in [1.82, 2.24) is 9.55 Å². The van der Waals surface area contributed by atoms with Crippen molar-refractivity contribution in [3.63, 3.8) is 0 Å². The summed E-state index contributed by atoms with van der Waals surface area (Å²) in [6, 6.07) is 1.67. The molecule has 1 heterocycles. The summed E-state index contributed by atoms with van der Waals surface area (Å²) in [5, 5.41) is 0. The van der Waals surface area contributed by atoms with E-state index in [-0.39, 0.29) is 11.6 Å². The van der Waals surface area contributed by atoms with Crippen LogP contribution in [0.1, 0.15) is 38.1 Å². The average Bonchev–Trinajstić information content (AvgIpc) is 2.17. The van der Waals surface area contributed by atoms with Crippen molar-refractivity contribution in [2.75, 3.05) is 5.73 Å². The fraction of sp³-hybridized carbons (Fsp3) is 0.600. The van der Waals surface area contributed by atoms with Gasteiger partial charge < -0.3 is 10.7 Å². The largest absolute Gasteiger partial charge is 0.385 e. The maximum absolute atomic E-state index is 11.8. The predicted octanol–water partition coefficient (Wildman–Crippen LogP) is 1.99. The van der Waals surface area contributed by atoms with Crippen LogP contribution in [0.15, 0.2) is 10.9 Å². The Hall–Kier alpha value is -1.10. The Kier molecular flexibility index (Phi) is 2.90. The van der Waals surface area contributed by atoms with Gasteiger partial charge in [-0.05, 0) is 25.1 Å². The van der Waals surface area contributed by atoms with Crippen molar-refractivity contribution in [3.05, 3.63) is 21.2 Å². The molecule has 1 aliphatic carbocycles. The Morgan fingerprint density at radius 2 is 2.07 bits per heavy atom. The van der Waals surface area contributed by atoms with Gasteiger partial charge in [-0.15, -0.1) is 0 Å². The summed E-state index contributed by atoms with van der Waals surface area (Å²) in [5.74, 6) is 0.344. The highest BCUT2D eigenvalue weighted by Crippen LogP contribution is 2.26. The quantitative estimate of drug-likeness (QED) is 0.718. The van der Waals surface area contributed by atoms with Gasteiger partial charge in [0.15, 0.2) is 4.77 Å². The monoisotopic (exact) mass is 225 g/mol. The Balaban J connectivity index is 2.43. The highest BCUT2D eigenvalue weighted by molar-refractivity contribution is 7.71. The first kappa shape index (κ1) is 10.4. The second kappa shape index (κ2) is 4.18. The van der Waals surface area contributed by atoms with E-state index in [4.69, 9.17) is 18.0 Å². The van der Waals surface area contributed by atoms with Gasteiger partial charge in [-0.25, -0.2) is 0 Å². The number of nitrogen functional groups attached to an aromatic ring is 1. The number of hydrogen-bond acceptors (Lipinski definition) is 3. The van der Waals surface area contributed by atoms with Gasteiger partial charge in [0.1, 0.15) is 5.82 Å². The summed E-state index contributed by atoms with van der Waals surface area (Å²) in [7, 11) is 0. The zero-order valence-electron chi connectivity index (χ0n) is 8.53. The molecule has 82 valence electrons. The van der Waals surface area contributed by atoms with E-state index in [0.717, 1.165) is 12.8 Å². The summed E-state index contributed by atoms with van der Waals surface area (Å²) < 4.78 is 2.12. The van der Waals surface area contributed by atoms with Crippen molar-refractivity contribution in [2.45, 2.75) is 38.1 Å². The number of nitrogens with zero attached hydrogens (tertiary/aromatic N) is 1. The molecule has 0 unspecified atom stereocenters. The number of rotatable bonds is 1. The van der Waals surface area contributed by atoms with E-state index >= 15 is 0 Å². The smallest absolute Gasteiger partial charge is 0.256 e. The van der Waals surface area contributed by atoms with Gasteiger partial charge in [0, 0.05) is 12.1 Å². The molecule has 1 fully saturated rings. The molecular formula is C10H15N3OS. The SMILES string of the molecule is Nc1cc(=O)n(C2CCCCC2)c(=S)[nH]1. The summed E-state index contributed by atoms with van der Waals surface area (Å²) in [6.07, 6.45) is 5.70. The standard InChI is InChI=1S/C10H15N3OS/c11-8-6-9(14)13(10(15)12-8)7-4-2-1-3-5-7/h6-7H,1-5,11H2,(H,12,15). The van der Waals surface area contributed by atoms with E-state index in [1.165, 1.54) is 25.3 Å². The molecule has 1 aliphatic rings. The Morgan fingerprint density at radius 3 is 2.67 bits per heavy atom. The van der Waals surface area contributed by atoms with Gasteiger partial charge in [-0.2, -0.15) is 0 Å². The molecule has 1 aromatic heterocycles. The lowest BCUT2D eigenvalue weighted by Crippen LogP contribution is -2.27. The lowest BCUT2D eigenvalue weighted by molar-refractivity contribution is 0.341. The topological polar surface area (TPSA) is 63.8 Å². The van der Waals surface area contributed by atoms with Crippen LogP contribution in [0.4, 0.5) is 5.82 Å². The first-order valence-corrected chi connectivity index (χ1v) is 5.70. The number of nitrogens with one attached hydrogen (secondary N) is 1. The van der Waals surface area contributed by atoms with Crippen LogP contribution in [0.2, 0.25) is 0 Å². The first-order chi connectivity index (χ1) is 7.18. The highest BCUT2D eigenvalue weighted by Gasteiger charge is 2.17. The third-order valence-corrected chi connectivity index (χ3v) is 3.23. The van der Waals surface area contributed by atoms with E-state index in [1.54, 1.807) is 4.57 Å². The van der Waals surface area contributed by atoms with E-state index < -0.39 is 0 Å². The summed E-state index contributed by atoms with van der Waals surface area (Å²) in [6.45, 7) is 0. The van der Waals surface area contributed by atoms with E-state index in [2.05, 4.69) is 4.98 Å². The van der Waals surface area contributed by atoms with E-state index in [1.807, 2.05) is 0 Å². The van der Waals surface area contributed by atoms with Crippen LogP contribution in [-0.4, -0.2) is 9.55 Å². The molecule has 15 heavy (non-hydrogen) atoms. The van der Waals surface area contributed by atoms with Crippen molar-refractivity contribution >= 4 is 18.0 Å². The van der Waals surface area contributed by atoms with E-state index in [9.17, 15) is 4.79 Å². The number of aromatic nitrogens is 2. The Bertz CT molecular complexity index is 425. The fourth-order valence-corrected chi connectivity index (χ4v) is 2.56. The van der Waals surface area contributed by atoms with Crippen LogP contribution in [0, 0.1) is 4.77 Å². The molecule has 0 aromatic carbocycles. The minimum absolute atomic E-state index is 0.0804. The first-order valence-electron chi connectivity index (χ1n) is 5.30. The molecule has 2 rings (SSSR count). The molecule has 0 amide bonds. The Labute approximate surface area is 93.1 Å². The van der Waals surface area contributed by atoms with Gasteiger partial charge >= 0.3 is 0 Å². The summed E-state index contributed by atoms with van der Waals surface area (Å²) in [5.41, 5.74) is 5.44. The molecule has 0 aliphatic heterocycles. The van der Waals surface area contributed by atoms with Crippen molar-refractivity contribution in [3.8, 4) is 0 Å². The minimum Gasteiger partial charge on any atom is -0.385 e. The molecule has 0 atom stereocenters. The van der Waals surface area contributed by atoms with Crippen LogP contribution in [0.25, 0.3) is 0 Å². The fourth-order valence-electron chi connectivity index (χ4n) is 2.21. The van der Waals surface area contributed by atoms with Gasteiger partial charge in [-0.1, -0.05) is 19.3 Å². The van der Waals surface area contributed by atoms with Crippen LogP contribution < -0.4 is 11.3 Å². The summed E-state index contributed by atoms with van der Waals surface area (Å²) >= 11 is 5.14. The van der Waals surface area contributed by atoms with E-state index in [0.29, 0.717) is 10.6 Å². The number of H-pyrrole nitrogens is 1. The molecule has 0 bridgehead atoms. The zero-order valence-corrected chi connectivity index (χ0v) is 9.35. The van der Waals surface area contributed by atoms with Gasteiger partial charge in [0.05, 0.1) is 0 Å². The zero-order chi connectivity index (χ0) is 10.8. The lowest BCUT2D eigenvalue weighted by Gasteiger charge is -2.23. The number of nitrogens with two attached hydrogens (primary N) is 1. The normalized spacial score (nSPS) is 17.9. The third-order valence-electron chi connectivity index (χ3n) is 2.93. The molecule has 4 nitrogen and oxygen atoms in total.